The number of hydrogen-bond donors (Lipinski definition) is 0. The molecule has 1 heterocycles. The van der Waals surface area contributed by atoms with Crippen molar-refractivity contribution in [3.05, 3.63) is 0 Å². The first-order valence-corrected chi connectivity index (χ1v) is 6.04. The van der Waals surface area contributed by atoms with Crippen LogP contribution in [-0.2, 0) is 4.79 Å². The molecule has 0 aromatic carbocycles. The Hall–Kier alpha value is -0.530. The van der Waals surface area contributed by atoms with Gasteiger partial charge in [-0.3, -0.25) is 4.79 Å². The zero-order valence-corrected chi connectivity index (χ0v) is 9.33. The molecule has 0 N–H and O–H groups in total. The Balaban J connectivity index is 1.95. The first kappa shape index (κ1) is 10.0. The van der Waals surface area contributed by atoms with E-state index in [-0.39, 0.29) is 0 Å². The van der Waals surface area contributed by atoms with Gasteiger partial charge < -0.3 is 4.90 Å². The third-order valence-corrected chi connectivity index (χ3v) is 3.85. The van der Waals surface area contributed by atoms with Crippen LogP contribution in [0.25, 0.3) is 0 Å². The highest BCUT2D eigenvalue weighted by molar-refractivity contribution is 5.79. The highest BCUT2D eigenvalue weighted by Gasteiger charge is 2.37. The summed E-state index contributed by atoms with van der Waals surface area (Å²) in [5.74, 6) is 1.43. The summed E-state index contributed by atoms with van der Waals surface area (Å²) in [7, 11) is 0. The molecule has 1 aliphatic carbocycles. The first-order valence-electron chi connectivity index (χ1n) is 6.04. The molecule has 0 bridgehead atoms. The standard InChI is InChI=1S/C12H21NO/c1-3-11-5-4-8-13(11)12(14)9(2)10-6-7-10/h9-11H,3-8H2,1-2H3. The van der Waals surface area contributed by atoms with Gasteiger partial charge in [0.05, 0.1) is 0 Å². The smallest absolute Gasteiger partial charge is 0.225 e. The maximum absolute atomic E-state index is 12.1. The Bertz CT molecular complexity index is 222. The highest BCUT2D eigenvalue weighted by atomic mass is 16.2. The number of carbonyl (C=O) groups is 1. The van der Waals surface area contributed by atoms with Crippen molar-refractivity contribution in [3.63, 3.8) is 0 Å². The van der Waals surface area contributed by atoms with Gasteiger partial charge in [0.15, 0.2) is 0 Å². The third-order valence-electron chi connectivity index (χ3n) is 3.85. The maximum Gasteiger partial charge on any atom is 0.225 e. The van der Waals surface area contributed by atoms with Crippen LogP contribution in [0.1, 0.15) is 46.0 Å². The quantitative estimate of drug-likeness (QED) is 0.677. The van der Waals surface area contributed by atoms with Gasteiger partial charge >= 0.3 is 0 Å². The van der Waals surface area contributed by atoms with Gasteiger partial charge in [-0.25, -0.2) is 0 Å². The minimum Gasteiger partial charge on any atom is -0.339 e. The topological polar surface area (TPSA) is 20.3 Å². The van der Waals surface area contributed by atoms with Crippen LogP contribution in [0.5, 0.6) is 0 Å². The van der Waals surface area contributed by atoms with E-state index in [1.54, 1.807) is 0 Å². The molecule has 1 saturated heterocycles. The molecule has 80 valence electrons. The Kier molecular flexibility index (Phi) is 2.80. The predicted octanol–water partition coefficient (Wildman–Crippen LogP) is 2.43. The van der Waals surface area contributed by atoms with Gasteiger partial charge in [0.2, 0.25) is 5.91 Å². The van der Waals surface area contributed by atoms with E-state index in [0.29, 0.717) is 23.8 Å². The minimum atomic E-state index is 0.294. The summed E-state index contributed by atoms with van der Waals surface area (Å²) in [4.78, 5) is 14.3. The lowest BCUT2D eigenvalue weighted by atomic mass is 10.0. The average Bonchev–Trinajstić information content (AvgIpc) is 2.94. The summed E-state index contributed by atoms with van der Waals surface area (Å²) in [5, 5.41) is 0. The van der Waals surface area contributed by atoms with E-state index in [9.17, 15) is 4.79 Å². The molecule has 0 aromatic heterocycles. The first-order chi connectivity index (χ1) is 6.74. The van der Waals surface area contributed by atoms with Gasteiger partial charge in [-0.15, -0.1) is 0 Å². The molecule has 0 radical (unpaired) electrons. The molecule has 2 atom stereocenters. The number of nitrogens with zero attached hydrogens (tertiary/aromatic N) is 1. The monoisotopic (exact) mass is 195 g/mol. The Morgan fingerprint density at radius 2 is 2.14 bits per heavy atom. The molecule has 0 spiro atoms. The van der Waals surface area contributed by atoms with E-state index in [1.165, 1.54) is 25.7 Å². The second kappa shape index (κ2) is 3.92. The molecule has 2 aliphatic rings. The molecular formula is C12H21NO. The zero-order chi connectivity index (χ0) is 10.1. The van der Waals surface area contributed by atoms with Gasteiger partial charge in [0, 0.05) is 18.5 Å². The van der Waals surface area contributed by atoms with Gasteiger partial charge in [-0.2, -0.15) is 0 Å². The van der Waals surface area contributed by atoms with Gasteiger partial charge in [-0.05, 0) is 38.0 Å². The van der Waals surface area contributed by atoms with Crippen molar-refractivity contribution < 1.29 is 4.79 Å². The SMILES string of the molecule is CCC1CCCN1C(=O)C(C)C1CC1. The summed E-state index contributed by atoms with van der Waals surface area (Å²) in [6.07, 6.45) is 6.11. The molecular weight excluding hydrogens is 174 g/mol. The molecule has 2 unspecified atom stereocenters. The Morgan fingerprint density at radius 1 is 1.43 bits per heavy atom. The average molecular weight is 195 g/mol. The molecule has 2 nitrogen and oxygen atoms in total. The summed E-state index contributed by atoms with van der Waals surface area (Å²) < 4.78 is 0. The van der Waals surface area contributed by atoms with Crippen LogP contribution < -0.4 is 0 Å². The van der Waals surface area contributed by atoms with Gasteiger partial charge in [0.1, 0.15) is 0 Å². The molecule has 2 rings (SSSR count). The molecule has 0 aromatic rings. The molecule has 14 heavy (non-hydrogen) atoms. The fourth-order valence-electron chi connectivity index (χ4n) is 2.61. The lowest BCUT2D eigenvalue weighted by molar-refractivity contribution is -0.136. The summed E-state index contributed by atoms with van der Waals surface area (Å²) in [5.41, 5.74) is 0. The van der Waals surface area contributed by atoms with E-state index in [0.717, 1.165) is 13.0 Å². The van der Waals surface area contributed by atoms with Crippen molar-refractivity contribution in [3.8, 4) is 0 Å². The van der Waals surface area contributed by atoms with E-state index in [1.807, 2.05) is 0 Å². The normalized spacial score (nSPS) is 29.3. The second-order valence-electron chi connectivity index (χ2n) is 4.86. The zero-order valence-electron chi connectivity index (χ0n) is 9.33. The number of rotatable bonds is 3. The molecule has 1 saturated carbocycles. The maximum atomic E-state index is 12.1. The molecule has 1 amide bonds. The van der Waals surface area contributed by atoms with Crippen LogP contribution in [0.3, 0.4) is 0 Å². The number of carbonyl (C=O) groups excluding carboxylic acids is 1. The minimum absolute atomic E-state index is 0.294. The number of hydrogen-bond acceptors (Lipinski definition) is 1. The van der Waals surface area contributed by atoms with Crippen LogP contribution in [0, 0.1) is 11.8 Å². The lowest BCUT2D eigenvalue weighted by Gasteiger charge is -2.26. The van der Waals surface area contributed by atoms with Crippen molar-refractivity contribution in [2.45, 2.75) is 52.0 Å². The van der Waals surface area contributed by atoms with Crippen molar-refractivity contribution in [1.82, 2.24) is 4.90 Å². The van der Waals surface area contributed by atoms with Gasteiger partial charge in [0.25, 0.3) is 0 Å². The van der Waals surface area contributed by atoms with E-state index in [4.69, 9.17) is 0 Å². The Morgan fingerprint density at radius 3 is 2.71 bits per heavy atom. The fraction of sp³-hybridized carbons (Fsp3) is 0.917. The van der Waals surface area contributed by atoms with E-state index < -0.39 is 0 Å². The number of likely N-dealkylation sites (tertiary alicyclic amines) is 1. The van der Waals surface area contributed by atoms with Crippen LogP contribution >= 0.6 is 0 Å². The van der Waals surface area contributed by atoms with E-state index in [2.05, 4.69) is 18.7 Å². The van der Waals surface area contributed by atoms with E-state index >= 15 is 0 Å². The largest absolute Gasteiger partial charge is 0.339 e. The van der Waals surface area contributed by atoms with Crippen LogP contribution in [0.4, 0.5) is 0 Å². The van der Waals surface area contributed by atoms with Crippen molar-refractivity contribution >= 4 is 5.91 Å². The molecule has 1 aliphatic heterocycles. The molecule has 2 heteroatoms. The second-order valence-corrected chi connectivity index (χ2v) is 4.86. The van der Waals surface area contributed by atoms with Crippen molar-refractivity contribution in [2.75, 3.05) is 6.54 Å². The van der Waals surface area contributed by atoms with Gasteiger partial charge in [-0.1, -0.05) is 13.8 Å². The van der Waals surface area contributed by atoms with Crippen LogP contribution in [-0.4, -0.2) is 23.4 Å². The molecule has 2 fully saturated rings. The third kappa shape index (κ3) is 1.79. The fourth-order valence-corrected chi connectivity index (χ4v) is 2.61. The Labute approximate surface area is 86.7 Å². The van der Waals surface area contributed by atoms with Crippen LogP contribution in [0.2, 0.25) is 0 Å². The predicted molar refractivity (Wildman–Crippen MR) is 56.9 cm³/mol. The highest BCUT2D eigenvalue weighted by Crippen LogP contribution is 2.38. The summed E-state index contributed by atoms with van der Waals surface area (Å²) >= 11 is 0. The summed E-state index contributed by atoms with van der Waals surface area (Å²) in [6, 6.07) is 0.545. The lowest BCUT2D eigenvalue weighted by Crippen LogP contribution is -2.39. The van der Waals surface area contributed by atoms with Crippen molar-refractivity contribution in [1.29, 1.82) is 0 Å². The number of amides is 1. The van der Waals surface area contributed by atoms with Crippen LogP contribution in [0.15, 0.2) is 0 Å². The van der Waals surface area contributed by atoms with Crippen molar-refractivity contribution in [2.24, 2.45) is 11.8 Å². The summed E-state index contributed by atoms with van der Waals surface area (Å²) in [6.45, 7) is 5.32.